The lowest BCUT2D eigenvalue weighted by Gasteiger charge is -2.29. The van der Waals surface area contributed by atoms with Gasteiger partial charge in [0.25, 0.3) is 0 Å². The second-order valence-electron chi connectivity index (χ2n) is 8.82. The minimum absolute atomic E-state index is 0.0711. The fourth-order valence-corrected chi connectivity index (χ4v) is 2.12. The van der Waals surface area contributed by atoms with Gasteiger partial charge >= 0.3 is 0 Å². The van der Waals surface area contributed by atoms with Crippen molar-refractivity contribution >= 4 is 12.6 Å². The second kappa shape index (κ2) is 6.24. The van der Waals surface area contributed by atoms with E-state index in [1.54, 1.807) is 0 Å². The third kappa shape index (κ3) is 5.25. The van der Waals surface area contributed by atoms with Gasteiger partial charge in [0.15, 0.2) is 0 Å². The van der Waals surface area contributed by atoms with Crippen LogP contribution in [0.4, 0.5) is 0 Å². The summed E-state index contributed by atoms with van der Waals surface area (Å²) in [4.78, 5) is 0. The maximum atomic E-state index is 6.14. The molecule has 0 atom stereocenters. The summed E-state index contributed by atoms with van der Waals surface area (Å²) in [7, 11) is 0. The molecule has 0 saturated heterocycles. The number of rotatable bonds is 4. The van der Waals surface area contributed by atoms with E-state index in [4.69, 9.17) is 4.74 Å². The van der Waals surface area contributed by atoms with E-state index in [-0.39, 0.29) is 16.2 Å². The van der Waals surface area contributed by atoms with E-state index in [0.717, 1.165) is 11.5 Å². The molecule has 0 fully saturated rings. The van der Waals surface area contributed by atoms with Gasteiger partial charge in [-0.1, -0.05) is 67.5 Å². The van der Waals surface area contributed by atoms with Crippen LogP contribution in [0.2, 0.25) is 0 Å². The zero-order valence-electron chi connectivity index (χ0n) is 15.0. The van der Waals surface area contributed by atoms with Gasteiger partial charge in [0.05, 0.1) is 6.61 Å². The first kappa shape index (κ1) is 18.4. The lowest BCUT2D eigenvalue weighted by Crippen LogP contribution is -2.25. The third-order valence-corrected chi connectivity index (χ3v) is 4.56. The Morgan fingerprint density at radius 2 is 1.48 bits per heavy atom. The number of benzene rings is 1. The first-order valence-electron chi connectivity index (χ1n) is 7.75. The van der Waals surface area contributed by atoms with Gasteiger partial charge in [-0.15, -0.1) is 0 Å². The van der Waals surface area contributed by atoms with E-state index >= 15 is 0 Å². The van der Waals surface area contributed by atoms with E-state index in [1.807, 2.05) is 0 Å². The van der Waals surface area contributed by atoms with Crippen molar-refractivity contribution in [2.24, 2.45) is 5.41 Å². The third-order valence-electron chi connectivity index (χ3n) is 3.70. The smallest absolute Gasteiger partial charge is 0.123 e. The summed E-state index contributed by atoms with van der Waals surface area (Å²) in [6, 6.07) is 6.64. The van der Waals surface area contributed by atoms with Crippen LogP contribution in [0.25, 0.3) is 0 Å². The van der Waals surface area contributed by atoms with Gasteiger partial charge in [-0.05, 0) is 33.8 Å². The molecular weight excluding hydrogens is 276 g/mol. The van der Waals surface area contributed by atoms with Crippen LogP contribution >= 0.6 is 12.6 Å². The normalized spacial score (nSPS) is 13.4. The van der Waals surface area contributed by atoms with E-state index in [9.17, 15) is 0 Å². The van der Waals surface area contributed by atoms with Crippen LogP contribution in [0.5, 0.6) is 5.75 Å². The monoisotopic (exact) mass is 308 g/mol. The quantitative estimate of drug-likeness (QED) is 0.711. The summed E-state index contributed by atoms with van der Waals surface area (Å²) in [5.74, 6) is 1.82. The SMILES string of the molecule is CC(C)(CS)COc1ccc(C(C)(C)C)cc1C(C)(C)C. The van der Waals surface area contributed by atoms with Crippen molar-refractivity contribution in [2.45, 2.75) is 66.2 Å². The van der Waals surface area contributed by atoms with Crippen molar-refractivity contribution in [1.29, 1.82) is 0 Å². The van der Waals surface area contributed by atoms with Crippen LogP contribution in [-0.2, 0) is 10.8 Å². The molecule has 0 radical (unpaired) electrons. The van der Waals surface area contributed by atoms with E-state index in [1.165, 1.54) is 11.1 Å². The molecule has 0 unspecified atom stereocenters. The number of thiol groups is 1. The van der Waals surface area contributed by atoms with Gasteiger partial charge < -0.3 is 4.74 Å². The number of hydrogen-bond acceptors (Lipinski definition) is 2. The molecule has 1 aromatic rings. The van der Waals surface area contributed by atoms with Crippen LogP contribution < -0.4 is 4.74 Å². The highest BCUT2D eigenvalue weighted by atomic mass is 32.1. The molecule has 0 spiro atoms. The molecule has 1 rings (SSSR count). The Balaban J connectivity index is 3.15. The van der Waals surface area contributed by atoms with Crippen molar-refractivity contribution in [3.63, 3.8) is 0 Å². The standard InChI is InChI=1S/C19H32OS/c1-17(2,3)14-9-10-16(15(11-14)18(4,5)6)20-12-19(7,8)13-21/h9-11,21H,12-13H2,1-8H3. The number of hydrogen-bond donors (Lipinski definition) is 1. The highest BCUT2D eigenvalue weighted by molar-refractivity contribution is 7.80. The summed E-state index contributed by atoms with van der Waals surface area (Å²) >= 11 is 4.40. The lowest BCUT2D eigenvalue weighted by atomic mass is 9.80. The maximum absolute atomic E-state index is 6.14. The summed E-state index contributed by atoms with van der Waals surface area (Å²) in [5, 5.41) is 0. The average molecular weight is 309 g/mol. The largest absolute Gasteiger partial charge is 0.493 e. The summed E-state index contributed by atoms with van der Waals surface area (Å²) in [6.07, 6.45) is 0. The van der Waals surface area contributed by atoms with Crippen LogP contribution in [0, 0.1) is 5.41 Å². The Labute approximate surface area is 136 Å². The predicted molar refractivity (Wildman–Crippen MR) is 97.0 cm³/mol. The first-order valence-corrected chi connectivity index (χ1v) is 8.39. The van der Waals surface area contributed by atoms with Gasteiger partial charge in [0.1, 0.15) is 5.75 Å². The Morgan fingerprint density at radius 1 is 0.905 bits per heavy atom. The van der Waals surface area contributed by atoms with E-state index in [0.29, 0.717) is 6.61 Å². The Morgan fingerprint density at radius 3 is 1.90 bits per heavy atom. The summed E-state index contributed by atoms with van der Waals surface area (Å²) in [6.45, 7) is 18.5. The minimum atomic E-state index is 0.0711. The Bertz CT molecular complexity index is 475. The fraction of sp³-hybridized carbons (Fsp3) is 0.684. The zero-order chi connectivity index (χ0) is 16.5. The molecule has 0 N–H and O–H groups in total. The molecule has 1 aromatic carbocycles. The van der Waals surface area contributed by atoms with E-state index in [2.05, 4.69) is 86.2 Å². The van der Waals surface area contributed by atoms with Crippen LogP contribution in [0.1, 0.15) is 66.5 Å². The summed E-state index contributed by atoms with van der Waals surface area (Å²) in [5.41, 5.74) is 2.95. The molecule has 0 saturated carbocycles. The molecule has 1 nitrogen and oxygen atoms in total. The maximum Gasteiger partial charge on any atom is 0.123 e. The van der Waals surface area contributed by atoms with Crippen LogP contribution in [-0.4, -0.2) is 12.4 Å². The van der Waals surface area contributed by atoms with Gasteiger partial charge in [0, 0.05) is 5.41 Å². The van der Waals surface area contributed by atoms with Gasteiger partial charge in [-0.2, -0.15) is 12.6 Å². The van der Waals surface area contributed by atoms with Crippen molar-refractivity contribution < 1.29 is 4.74 Å². The topological polar surface area (TPSA) is 9.23 Å². The molecule has 0 heterocycles. The molecule has 0 aliphatic carbocycles. The fourth-order valence-electron chi connectivity index (χ4n) is 2.03. The Kier molecular flexibility index (Phi) is 5.47. The molecule has 21 heavy (non-hydrogen) atoms. The highest BCUT2D eigenvalue weighted by Crippen LogP contribution is 2.36. The Hall–Kier alpha value is -0.630. The number of ether oxygens (including phenoxy) is 1. The molecular formula is C19H32OS. The van der Waals surface area contributed by atoms with Gasteiger partial charge in [-0.25, -0.2) is 0 Å². The predicted octanol–water partition coefficient (Wildman–Crippen LogP) is 5.62. The molecule has 0 bridgehead atoms. The molecule has 0 amide bonds. The van der Waals surface area contributed by atoms with Crippen molar-refractivity contribution in [1.82, 2.24) is 0 Å². The van der Waals surface area contributed by atoms with Crippen molar-refractivity contribution in [3.05, 3.63) is 29.3 Å². The minimum Gasteiger partial charge on any atom is -0.493 e. The molecule has 0 aromatic heterocycles. The van der Waals surface area contributed by atoms with Gasteiger partial charge in [-0.3, -0.25) is 0 Å². The zero-order valence-corrected chi connectivity index (χ0v) is 15.9. The molecule has 0 aliphatic rings. The van der Waals surface area contributed by atoms with Gasteiger partial charge in [0.2, 0.25) is 0 Å². The van der Waals surface area contributed by atoms with Crippen molar-refractivity contribution in [3.8, 4) is 5.75 Å². The first-order chi connectivity index (χ1) is 9.37. The molecule has 2 heteroatoms. The van der Waals surface area contributed by atoms with Crippen LogP contribution in [0.15, 0.2) is 18.2 Å². The average Bonchev–Trinajstić information content (AvgIpc) is 2.34. The molecule has 120 valence electrons. The van der Waals surface area contributed by atoms with Crippen LogP contribution in [0.3, 0.4) is 0 Å². The lowest BCUT2D eigenvalue weighted by molar-refractivity contribution is 0.198. The molecule has 0 aliphatic heterocycles. The second-order valence-corrected chi connectivity index (χ2v) is 9.14. The van der Waals surface area contributed by atoms with Crippen molar-refractivity contribution in [2.75, 3.05) is 12.4 Å². The van der Waals surface area contributed by atoms with E-state index < -0.39 is 0 Å². The highest BCUT2D eigenvalue weighted by Gasteiger charge is 2.24. The summed E-state index contributed by atoms with van der Waals surface area (Å²) < 4.78 is 6.14.